The van der Waals surface area contributed by atoms with Crippen LogP contribution in [-0.4, -0.2) is 59.0 Å². The summed E-state index contributed by atoms with van der Waals surface area (Å²) in [5.41, 5.74) is 3.27. The molecule has 1 aromatic rings. The summed E-state index contributed by atoms with van der Waals surface area (Å²) in [7, 11) is 2.09. The summed E-state index contributed by atoms with van der Waals surface area (Å²) in [5, 5.41) is 8.44. The molecule has 134 valence electrons. The van der Waals surface area contributed by atoms with Gasteiger partial charge in [-0.2, -0.15) is 0 Å². The van der Waals surface area contributed by atoms with Gasteiger partial charge in [-0.25, -0.2) is 5.48 Å². The second kappa shape index (κ2) is 8.60. The Labute approximate surface area is 148 Å². The number of carbonyl (C=O) groups excluding carboxylic acids is 2. The molecule has 0 saturated carbocycles. The van der Waals surface area contributed by atoms with Gasteiger partial charge >= 0.3 is 0 Å². The summed E-state index contributed by atoms with van der Waals surface area (Å²) in [6.45, 7) is 5.73. The van der Waals surface area contributed by atoms with Crippen LogP contribution in [0.1, 0.15) is 25.0 Å². The largest absolute Gasteiger partial charge is 0.336 e. The maximum Gasteiger partial charge on any atom is 0.267 e. The molecule has 0 aliphatic carbocycles. The van der Waals surface area contributed by atoms with E-state index in [1.807, 2.05) is 29.2 Å². The van der Waals surface area contributed by atoms with E-state index in [1.54, 1.807) is 18.2 Å². The fourth-order valence-electron chi connectivity index (χ4n) is 2.78. The lowest BCUT2D eigenvalue weighted by Crippen LogP contribution is -2.56. The van der Waals surface area contributed by atoms with Crippen LogP contribution in [0.15, 0.2) is 36.4 Å². The van der Waals surface area contributed by atoms with Crippen LogP contribution in [0.2, 0.25) is 0 Å². The smallest absolute Gasteiger partial charge is 0.267 e. The molecule has 1 heterocycles. The molecule has 1 fully saturated rings. The van der Waals surface area contributed by atoms with Crippen molar-refractivity contribution in [3.05, 3.63) is 47.5 Å². The third kappa shape index (κ3) is 5.27. The molecule has 2 atom stereocenters. The molecule has 2 rings (SSSR count). The highest BCUT2D eigenvalue weighted by molar-refractivity contribution is 5.92. The van der Waals surface area contributed by atoms with Crippen LogP contribution >= 0.6 is 0 Å². The maximum atomic E-state index is 12.4. The SMILES string of the molecule is CC1CN(C(=O)C=Cc2ccc(C=CC(=O)NO)cc2)CC(C)N1C. The van der Waals surface area contributed by atoms with Crippen LogP contribution < -0.4 is 5.48 Å². The number of nitrogens with one attached hydrogen (secondary N) is 1. The van der Waals surface area contributed by atoms with E-state index in [0.717, 1.165) is 24.2 Å². The third-order valence-corrected chi connectivity index (χ3v) is 4.56. The summed E-state index contributed by atoms with van der Waals surface area (Å²) in [5.74, 6) is -0.555. The average molecular weight is 343 g/mol. The lowest BCUT2D eigenvalue weighted by atomic mass is 10.1. The number of hydrogen-bond donors (Lipinski definition) is 2. The second-order valence-electron chi connectivity index (χ2n) is 6.42. The molecule has 25 heavy (non-hydrogen) atoms. The van der Waals surface area contributed by atoms with E-state index in [9.17, 15) is 9.59 Å². The van der Waals surface area contributed by atoms with Crippen molar-refractivity contribution in [2.24, 2.45) is 0 Å². The van der Waals surface area contributed by atoms with E-state index in [0.29, 0.717) is 12.1 Å². The number of nitrogens with zero attached hydrogens (tertiary/aromatic N) is 2. The average Bonchev–Trinajstić information content (AvgIpc) is 2.62. The first-order valence-electron chi connectivity index (χ1n) is 8.32. The predicted octanol–water partition coefficient (Wildman–Crippen LogP) is 1.77. The minimum atomic E-state index is -0.579. The van der Waals surface area contributed by atoms with Crippen LogP contribution in [0, 0.1) is 0 Å². The molecule has 0 radical (unpaired) electrons. The number of rotatable bonds is 4. The highest BCUT2D eigenvalue weighted by Crippen LogP contribution is 2.14. The van der Waals surface area contributed by atoms with Gasteiger partial charge in [0, 0.05) is 37.3 Å². The summed E-state index contributed by atoms with van der Waals surface area (Å²) in [6, 6.07) is 8.12. The lowest BCUT2D eigenvalue weighted by molar-refractivity contribution is -0.129. The first kappa shape index (κ1) is 18.9. The minimum Gasteiger partial charge on any atom is -0.336 e. The molecule has 2 N–H and O–H groups in total. The molecule has 0 spiro atoms. The van der Waals surface area contributed by atoms with Crippen molar-refractivity contribution in [1.82, 2.24) is 15.3 Å². The van der Waals surface area contributed by atoms with Crippen molar-refractivity contribution in [3.63, 3.8) is 0 Å². The first-order valence-corrected chi connectivity index (χ1v) is 8.32. The Hall–Kier alpha value is -2.44. The summed E-state index contributed by atoms with van der Waals surface area (Å²) in [4.78, 5) is 27.5. The number of carbonyl (C=O) groups is 2. The van der Waals surface area contributed by atoms with Crippen LogP contribution in [0.3, 0.4) is 0 Å². The van der Waals surface area contributed by atoms with E-state index in [4.69, 9.17) is 5.21 Å². The Morgan fingerprint density at radius 2 is 1.52 bits per heavy atom. The van der Waals surface area contributed by atoms with Crippen molar-refractivity contribution in [3.8, 4) is 0 Å². The highest BCUT2D eigenvalue weighted by atomic mass is 16.5. The molecule has 1 saturated heterocycles. The van der Waals surface area contributed by atoms with E-state index in [2.05, 4.69) is 25.8 Å². The molecule has 0 bridgehead atoms. The lowest BCUT2D eigenvalue weighted by Gasteiger charge is -2.42. The van der Waals surface area contributed by atoms with Gasteiger partial charge in [0.2, 0.25) is 5.91 Å². The molecule has 2 amide bonds. The fraction of sp³-hybridized carbons (Fsp3) is 0.368. The van der Waals surface area contributed by atoms with Crippen molar-refractivity contribution < 1.29 is 14.8 Å². The van der Waals surface area contributed by atoms with Crippen LogP contribution in [0.25, 0.3) is 12.2 Å². The summed E-state index contributed by atoms with van der Waals surface area (Å²) < 4.78 is 0. The number of benzene rings is 1. The van der Waals surface area contributed by atoms with Gasteiger partial charge in [0.25, 0.3) is 5.91 Å². The Kier molecular flexibility index (Phi) is 6.50. The molecular weight excluding hydrogens is 318 g/mol. The normalized spacial score (nSPS) is 21.8. The second-order valence-corrected chi connectivity index (χ2v) is 6.42. The minimum absolute atomic E-state index is 0.0235. The molecule has 6 nitrogen and oxygen atoms in total. The predicted molar refractivity (Wildman–Crippen MR) is 97.7 cm³/mol. The highest BCUT2D eigenvalue weighted by Gasteiger charge is 2.28. The van der Waals surface area contributed by atoms with Gasteiger partial charge in [-0.3, -0.25) is 19.7 Å². The van der Waals surface area contributed by atoms with Crippen molar-refractivity contribution in [2.75, 3.05) is 20.1 Å². The monoisotopic (exact) mass is 343 g/mol. The molecule has 0 aromatic heterocycles. The van der Waals surface area contributed by atoms with Gasteiger partial charge in [0.05, 0.1) is 0 Å². The standard InChI is InChI=1S/C19H25N3O3/c1-14-12-22(13-15(2)21(14)3)19(24)11-9-17-6-4-16(5-7-17)8-10-18(23)20-25/h4-11,14-15,25H,12-13H2,1-3H3,(H,20,23). The third-order valence-electron chi connectivity index (χ3n) is 4.56. The van der Waals surface area contributed by atoms with Gasteiger partial charge in [-0.05, 0) is 44.2 Å². The van der Waals surface area contributed by atoms with Gasteiger partial charge in [0.15, 0.2) is 0 Å². The molecule has 6 heteroatoms. The van der Waals surface area contributed by atoms with Gasteiger partial charge in [-0.1, -0.05) is 24.3 Å². The van der Waals surface area contributed by atoms with Crippen LogP contribution in [-0.2, 0) is 9.59 Å². The molecule has 1 aromatic carbocycles. The van der Waals surface area contributed by atoms with Gasteiger partial charge < -0.3 is 4.90 Å². The van der Waals surface area contributed by atoms with E-state index >= 15 is 0 Å². The van der Waals surface area contributed by atoms with E-state index in [1.165, 1.54) is 11.6 Å². The zero-order valence-corrected chi connectivity index (χ0v) is 14.8. The zero-order valence-electron chi connectivity index (χ0n) is 14.8. The number of likely N-dealkylation sites (N-methyl/N-ethyl adjacent to an activating group) is 1. The van der Waals surface area contributed by atoms with Gasteiger partial charge in [0.1, 0.15) is 0 Å². The zero-order chi connectivity index (χ0) is 18.4. The van der Waals surface area contributed by atoms with E-state index < -0.39 is 5.91 Å². The number of amides is 2. The Morgan fingerprint density at radius 1 is 1.04 bits per heavy atom. The Morgan fingerprint density at radius 3 is 2.00 bits per heavy atom. The van der Waals surface area contributed by atoms with Crippen molar-refractivity contribution in [1.29, 1.82) is 0 Å². The van der Waals surface area contributed by atoms with Crippen molar-refractivity contribution >= 4 is 24.0 Å². The summed E-state index contributed by atoms with van der Waals surface area (Å²) in [6.07, 6.45) is 6.24. The van der Waals surface area contributed by atoms with Crippen molar-refractivity contribution in [2.45, 2.75) is 25.9 Å². The van der Waals surface area contributed by atoms with Crippen LogP contribution in [0.5, 0.6) is 0 Å². The quantitative estimate of drug-likeness (QED) is 0.496. The molecule has 1 aliphatic rings. The topological polar surface area (TPSA) is 72.9 Å². The Bertz CT molecular complexity index is 655. The Balaban J connectivity index is 1.96. The number of hydroxylamine groups is 1. The fourth-order valence-corrected chi connectivity index (χ4v) is 2.78. The first-order chi connectivity index (χ1) is 11.9. The number of piperazine rings is 1. The molecule has 2 unspecified atom stereocenters. The number of hydrogen-bond acceptors (Lipinski definition) is 4. The van der Waals surface area contributed by atoms with Crippen LogP contribution in [0.4, 0.5) is 0 Å². The molecular formula is C19H25N3O3. The van der Waals surface area contributed by atoms with E-state index in [-0.39, 0.29) is 5.91 Å². The summed E-state index contributed by atoms with van der Waals surface area (Å²) >= 11 is 0. The van der Waals surface area contributed by atoms with Gasteiger partial charge in [-0.15, -0.1) is 0 Å². The maximum absolute atomic E-state index is 12.4. The molecule has 1 aliphatic heterocycles.